The predicted octanol–water partition coefficient (Wildman–Crippen LogP) is 3.49. The maximum absolute atomic E-state index is 12.8. The second-order valence-electron chi connectivity index (χ2n) is 5.99. The first kappa shape index (κ1) is 16.8. The van der Waals surface area contributed by atoms with Gasteiger partial charge >= 0.3 is 0 Å². The Hall–Kier alpha value is -2.08. The van der Waals surface area contributed by atoms with Crippen molar-refractivity contribution in [3.63, 3.8) is 0 Å². The molecule has 1 fully saturated rings. The van der Waals surface area contributed by atoms with E-state index in [9.17, 15) is 4.79 Å². The van der Waals surface area contributed by atoms with E-state index in [2.05, 4.69) is 10.4 Å². The van der Waals surface area contributed by atoms with Crippen molar-refractivity contribution >= 4 is 17.2 Å². The third kappa shape index (κ3) is 3.53. The molecule has 0 unspecified atom stereocenters. The molecule has 6 heteroatoms. The second-order valence-corrected chi connectivity index (χ2v) is 6.88. The number of thiazole rings is 1. The summed E-state index contributed by atoms with van der Waals surface area (Å²) in [5.74, 6) is 1.75. The first-order valence-electron chi connectivity index (χ1n) is 8.05. The molecule has 0 saturated carbocycles. The minimum atomic E-state index is 0.0287. The van der Waals surface area contributed by atoms with Crippen LogP contribution in [0.5, 0.6) is 11.5 Å². The number of methoxy groups -OCH3 is 2. The van der Waals surface area contributed by atoms with E-state index in [0.29, 0.717) is 23.0 Å². The van der Waals surface area contributed by atoms with Crippen molar-refractivity contribution in [2.24, 2.45) is 0 Å². The molecule has 0 aliphatic carbocycles. The summed E-state index contributed by atoms with van der Waals surface area (Å²) in [7, 11) is 3.18. The topological polar surface area (TPSA) is 51.7 Å². The van der Waals surface area contributed by atoms with Crippen molar-refractivity contribution in [1.29, 1.82) is 0 Å². The van der Waals surface area contributed by atoms with Gasteiger partial charge in [0.25, 0.3) is 5.91 Å². The molecule has 1 amide bonds. The van der Waals surface area contributed by atoms with Gasteiger partial charge < -0.3 is 14.4 Å². The number of piperidine rings is 1. The summed E-state index contributed by atoms with van der Waals surface area (Å²) in [5, 5.41) is 3.29. The van der Waals surface area contributed by atoms with Gasteiger partial charge in [0, 0.05) is 41.7 Å². The van der Waals surface area contributed by atoms with E-state index in [0.717, 1.165) is 31.6 Å². The Morgan fingerprint density at radius 2 is 1.79 bits per heavy atom. The van der Waals surface area contributed by atoms with Gasteiger partial charge in [0.15, 0.2) is 0 Å². The van der Waals surface area contributed by atoms with E-state index in [4.69, 9.17) is 9.47 Å². The number of ether oxygens (including phenoxy) is 2. The SMILES string of the molecule is COc1cc(OC)cc(C(=O)N2CCC(c3nc(C)cs3)CC2)c1. The molecule has 0 bridgehead atoms. The van der Waals surface area contributed by atoms with Gasteiger partial charge in [-0.2, -0.15) is 0 Å². The minimum Gasteiger partial charge on any atom is -0.497 e. The summed E-state index contributed by atoms with van der Waals surface area (Å²) in [6.45, 7) is 3.53. The highest BCUT2D eigenvalue weighted by Gasteiger charge is 2.26. The Labute approximate surface area is 146 Å². The lowest BCUT2D eigenvalue weighted by Crippen LogP contribution is -2.37. The molecule has 0 atom stereocenters. The number of nitrogens with zero attached hydrogens (tertiary/aromatic N) is 2. The highest BCUT2D eigenvalue weighted by Crippen LogP contribution is 2.31. The van der Waals surface area contributed by atoms with Crippen molar-refractivity contribution in [1.82, 2.24) is 9.88 Å². The van der Waals surface area contributed by atoms with E-state index in [1.165, 1.54) is 5.01 Å². The summed E-state index contributed by atoms with van der Waals surface area (Å²) in [6, 6.07) is 5.30. The van der Waals surface area contributed by atoms with E-state index >= 15 is 0 Å². The summed E-state index contributed by atoms with van der Waals surface area (Å²) in [4.78, 5) is 19.3. The fourth-order valence-corrected chi connectivity index (χ4v) is 3.97. The lowest BCUT2D eigenvalue weighted by molar-refractivity contribution is 0.0712. The molecule has 0 spiro atoms. The Kier molecular flexibility index (Phi) is 5.04. The Morgan fingerprint density at radius 3 is 2.29 bits per heavy atom. The average Bonchev–Trinajstić information content (AvgIpc) is 3.07. The van der Waals surface area contributed by atoms with Gasteiger partial charge in [-0.1, -0.05) is 0 Å². The number of hydrogen-bond donors (Lipinski definition) is 0. The molecule has 1 saturated heterocycles. The van der Waals surface area contributed by atoms with Crippen LogP contribution in [0.1, 0.15) is 39.8 Å². The molecular weight excluding hydrogens is 324 g/mol. The summed E-state index contributed by atoms with van der Waals surface area (Å²) < 4.78 is 10.5. The van der Waals surface area contributed by atoms with Crippen LogP contribution in [0.3, 0.4) is 0 Å². The molecule has 2 aromatic rings. The fourth-order valence-electron chi connectivity index (χ4n) is 3.00. The van der Waals surface area contributed by atoms with Crippen LogP contribution < -0.4 is 9.47 Å². The number of amides is 1. The number of hydrogen-bond acceptors (Lipinski definition) is 5. The fraction of sp³-hybridized carbons (Fsp3) is 0.444. The van der Waals surface area contributed by atoms with Gasteiger partial charge in [-0.15, -0.1) is 11.3 Å². The van der Waals surface area contributed by atoms with Crippen LogP contribution in [-0.2, 0) is 0 Å². The van der Waals surface area contributed by atoms with Crippen LogP contribution in [-0.4, -0.2) is 43.1 Å². The quantitative estimate of drug-likeness (QED) is 0.850. The number of rotatable bonds is 4. The van der Waals surface area contributed by atoms with Crippen molar-refractivity contribution in [3.8, 4) is 11.5 Å². The molecule has 1 aromatic carbocycles. The zero-order valence-corrected chi connectivity index (χ0v) is 15.1. The summed E-state index contributed by atoms with van der Waals surface area (Å²) in [6.07, 6.45) is 1.92. The standard InChI is InChI=1S/C18H22N2O3S/c1-12-11-24-17(19-12)13-4-6-20(7-5-13)18(21)14-8-15(22-2)10-16(9-14)23-3/h8-11,13H,4-7H2,1-3H3. The number of likely N-dealkylation sites (tertiary alicyclic amines) is 1. The zero-order chi connectivity index (χ0) is 17.1. The molecule has 24 heavy (non-hydrogen) atoms. The van der Waals surface area contributed by atoms with Crippen molar-refractivity contribution in [2.45, 2.75) is 25.7 Å². The molecule has 3 rings (SSSR count). The number of aromatic nitrogens is 1. The van der Waals surface area contributed by atoms with Gasteiger partial charge in [-0.05, 0) is 31.9 Å². The molecule has 0 N–H and O–H groups in total. The third-order valence-corrected chi connectivity index (χ3v) is 5.49. The third-order valence-electron chi connectivity index (χ3n) is 4.37. The molecule has 5 nitrogen and oxygen atoms in total. The first-order valence-corrected chi connectivity index (χ1v) is 8.93. The monoisotopic (exact) mass is 346 g/mol. The van der Waals surface area contributed by atoms with Crippen LogP contribution in [0.15, 0.2) is 23.6 Å². The Bertz CT molecular complexity index is 699. The van der Waals surface area contributed by atoms with E-state index in [1.54, 1.807) is 43.8 Å². The second kappa shape index (κ2) is 7.21. The van der Waals surface area contributed by atoms with Gasteiger partial charge in [0.1, 0.15) is 11.5 Å². The molecule has 2 heterocycles. The number of aryl methyl sites for hydroxylation is 1. The summed E-state index contributed by atoms with van der Waals surface area (Å²) >= 11 is 1.72. The number of carbonyl (C=O) groups is 1. The van der Waals surface area contributed by atoms with Crippen molar-refractivity contribution in [3.05, 3.63) is 39.8 Å². The normalized spacial score (nSPS) is 15.4. The van der Waals surface area contributed by atoms with Gasteiger partial charge in [-0.3, -0.25) is 4.79 Å². The molecule has 1 aromatic heterocycles. The number of carbonyl (C=O) groups excluding carboxylic acids is 1. The lowest BCUT2D eigenvalue weighted by Gasteiger charge is -2.31. The number of benzene rings is 1. The van der Waals surface area contributed by atoms with Crippen LogP contribution in [0.2, 0.25) is 0 Å². The van der Waals surface area contributed by atoms with E-state index < -0.39 is 0 Å². The molecule has 0 radical (unpaired) electrons. The van der Waals surface area contributed by atoms with Gasteiger partial charge in [0.2, 0.25) is 0 Å². The maximum Gasteiger partial charge on any atom is 0.254 e. The van der Waals surface area contributed by atoms with Gasteiger partial charge in [-0.25, -0.2) is 4.98 Å². The first-order chi connectivity index (χ1) is 11.6. The predicted molar refractivity (Wildman–Crippen MR) is 94.3 cm³/mol. The Morgan fingerprint density at radius 1 is 1.17 bits per heavy atom. The van der Waals surface area contributed by atoms with Crippen LogP contribution in [0, 0.1) is 6.92 Å². The zero-order valence-electron chi connectivity index (χ0n) is 14.2. The highest BCUT2D eigenvalue weighted by molar-refractivity contribution is 7.09. The lowest BCUT2D eigenvalue weighted by atomic mass is 9.97. The minimum absolute atomic E-state index is 0.0287. The van der Waals surface area contributed by atoms with E-state index in [1.807, 2.05) is 11.8 Å². The molecular formula is C18H22N2O3S. The smallest absolute Gasteiger partial charge is 0.254 e. The van der Waals surface area contributed by atoms with Crippen LogP contribution in [0.25, 0.3) is 0 Å². The summed E-state index contributed by atoms with van der Waals surface area (Å²) in [5.41, 5.74) is 1.69. The van der Waals surface area contributed by atoms with E-state index in [-0.39, 0.29) is 5.91 Å². The highest BCUT2D eigenvalue weighted by atomic mass is 32.1. The molecule has 1 aliphatic heterocycles. The van der Waals surface area contributed by atoms with Crippen LogP contribution >= 0.6 is 11.3 Å². The maximum atomic E-state index is 12.8. The molecule has 128 valence electrons. The largest absolute Gasteiger partial charge is 0.497 e. The van der Waals surface area contributed by atoms with Gasteiger partial charge in [0.05, 0.1) is 19.2 Å². The molecule has 1 aliphatic rings. The van der Waals surface area contributed by atoms with Crippen LogP contribution in [0.4, 0.5) is 0 Å². The Balaban J connectivity index is 1.69. The van der Waals surface area contributed by atoms with Crippen molar-refractivity contribution < 1.29 is 14.3 Å². The average molecular weight is 346 g/mol. The van der Waals surface area contributed by atoms with Crippen molar-refractivity contribution in [2.75, 3.05) is 27.3 Å².